The Bertz CT molecular complexity index is 651. The van der Waals surface area contributed by atoms with E-state index in [9.17, 15) is 0 Å². The third-order valence-electron chi connectivity index (χ3n) is 4.03. The fourth-order valence-electron chi connectivity index (χ4n) is 2.99. The van der Waals surface area contributed by atoms with E-state index in [1.165, 1.54) is 17.7 Å². The second-order valence-corrected chi connectivity index (χ2v) is 5.76. The van der Waals surface area contributed by atoms with Crippen molar-refractivity contribution >= 4 is 5.82 Å². The predicted molar refractivity (Wildman–Crippen MR) is 85.2 cm³/mol. The summed E-state index contributed by atoms with van der Waals surface area (Å²) in [5.41, 5.74) is 11.8. The predicted octanol–water partition coefficient (Wildman–Crippen LogP) is 2.37. The molecule has 2 aromatic heterocycles. The largest absolute Gasteiger partial charge is 0.353 e. The smallest absolute Gasteiger partial charge is 0.133 e. The lowest BCUT2D eigenvalue weighted by Gasteiger charge is -2.22. The van der Waals surface area contributed by atoms with Crippen molar-refractivity contribution in [3.8, 4) is 0 Å². The van der Waals surface area contributed by atoms with Crippen molar-refractivity contribution in [2.45, 2.75) is 39.3 Å². The molecule has 1 aliphatic carbocycles. The van der Waals surface area contributed by atoms with Gasteiger partial charge in [-0.05, 0) is 49.9 Å². The Balaban J connectivity index is 1.88. The van der Waals surface area contributed by atoms with Gasteiger partial charge in [-0.15, -0.1) is 0 Å². The normalized spacial score (nSPS) is 13.3. The van der Waals surface area contributed by atoms with Crippen molar-refractivity contribution < 1.29 is 0 Å². The first-order chi connectivity index (χ1) is 10.2. The number of nitrogens with zero attached hydrogens (tertiary/aromatic N) is 3. The molecule has 0 aliphatic heterocycles. The molecule has 3 rings (SSSR count). The molecule has 0 amide bonds. The number of pyridine rings is 2. The number of fused-ring (bicyclic) bond motifs is 1. The quantitative estimate of drug-likeness (QED) is 0.935. The van der Waals surface area contributed by atoms with E-state index < -0.39 is 0 Å². The number of hydrogen-bond donors (Lipinski definition) is 1. The molecule has 4 nitrogen and oxygen atoms in total. The zero-order valence-corrected chi connectivity index (χ0v) is 12.8. The lowest BCUT2D eigenvalue weighted by molar-refractivity contribution is 0.834. The van der Waals surface area contributed by atoms with Gasteiger partial charge < -0.3 is 10.6 Å². The molecule has 0 bridgehead atoms. The maximum Gasteiger partial charge on any atom is 0.133 e. The van der Waals surface area contributed by atoms with Gasteiger partial charge in [-0.3, -0.25) is 4.98 Å². The Labute approximate surface area is 126 Å². The number of hydrogen-bond acceptors (Lipinski definition) is 4. The summed E-state index contributed by atoms with van der Waals surface area (Å²) in [5.74, 6) is 1.00. The fourth-order valence-corrected chi connectivity index (χ4v) is 2.99. The van der Waals surface area contributed by atoms with Crippen LogP contribution in [-0.2, 0) is 25.9 Å². The number of anilines is 1. The highest BCUT2D eigenvalue weighted by atomic mass is 15.2. The van der Waals surface area contributed by atoms with Crippen LogP contribution in [0.5, 0.6) is 0 Å². The Morgan fingerprint density at radius 1 is 1.24 bits per heavy atom. The second kappa shape index (κ2) is 5.82. The van der Waals surface area contributed by atoms with Gasteiger partial charge in [-0.1, -0.05) is 6.07 Å². The van der Waals surface area contributed by atoms with Crippen LogP contribution in [0.2, 0.25) is 0 Å². The van der Waals surface area contributed by atoms with Gasteiger partial charge >= 0.3 is 0 Å². The monoisotopic (exact) mass is 282 g/mol. The van der Waals surface area contributed by atoms with Crippen LogP contribution in [0.4, 0.5) is 5.82 Å². The van der Waals surface area contributed by atoms with Crippen LogP contribution in [0.15, 0.2) is 24.3 Å². The summed E-state index contributed by atoms with van der Waals surface area (Å²) in [6.45, 7) is 3.30. The van der Waals surface area contributed by atoms with Crippen molar-refractivity contribution in [2.24, 2.45) is 5.73 Å². The van der Waals surface area contributed by atoms with Gasteiger partial charge in [0.25, 0.3) is 0 Å². The third kappa shape index (κ3) is 2.90. The molecule has 21 heavy (non-hydrogen) atoms. The average Bonchev–Trinajstić information content (AvgIpc) is 2.93. The molecule has 0 radical (unpaired) electrons. The van der Waals surface area contributed by atoms with E-state index in [-0.39, 0.29) is 0 Å². The fraction of sp³-hybridized carbons (Fsp3) is 0.412. The first-order valence-electron chi connectivity index (χ1n) is 7.53. The maximum atomic E-state index is 5.92. The third-order valence-corrected chi connectivity index (χ3v) is 4.03. The van der Waals surface area contributed by atoms with Gasteiger partial charge in [-0.2, -0.15) is 0 Å². The summed E-state index contributed by atoms with van der Waals surface area (Å²) in [6.07, 6.45) is 3.43. The highest BCUT2D eigenvalue weighted by Gasteiger charge is 2.18. The number of nitrogens with two attached hydrogens (primary N) is 1. The van der Waals surface area contributed by atoms with Gasteiger partial charge in [0, 0.05) is 30.5 Å². The Morgan fingerprint density at radius 3 is 2.86 bits per heavy atom. The molecule has 0 saturated heterocycles. The summed E-state index contributed by atoms with van der Waals surface area (Å²) in [4.78, 5) is 11.6. The van der Waals surface area contributed by atoms with Crippen LogP contribution in [0.25, 0.3) is 0 Å². The van der Waals surface area contributed by atoms with E-state index in [0.717, 1.165) is 42.2 Å². The first-order valence-corrected chi connectivity index (χ1v) is 7.53. The molecule has 2 N–H and O–H groups in total. The lowest BCUT2D eigenvalue weighted by atomic mass is 10.1. The van der Waals surface area contributed by atoms with Crippen LogP contribution in [0.1, 0.15) is 34.6 Å². The second-order valence-electron chi connectivity index (χ2n) is 5.76. The minimum absolute atomic E-state index is 0.529. The van der Waals surface area contributed by atoms with Crippen LogP contribution in [0, 0.1) is 6.92 Å². The molecule has 0 spiro atoms. The molecule has 2 aromatic rings. The zero-order chi connectivity index (χ0) is 14.8. The van der Waals surface area contributed by atoms with Gasteiger partial charge in [0.2, 0.25) is 0 Å². The van der Waals surface area contributed by atoms with Crippen LogP contribution >= 0.6 is 0 Å². The minimum atomic E-state index is 0.529. The van der Waals surface area contributed by atoms with Crippen LogP contribution in [0.3, 0.4) is 0 Å². The topological polar surface area (TPSA) is 55.0 Å². The van der Waals surface area contributed by atoms with Crippen LogP contribution in [-0.4, -0.2) is 17.0 Å². The molecular formula is C17H22N4. The van der Waals surface area contributed by atoms with E-state index in [4.69, 9.17) is 10.7 Å². The van der Waals surface area contributed by atoms with Gasteiger partial charge in [-0.25, -0.2) is 4.98 Å². The number of aromatic nitrogens is 2. The standard InChI is InChI=1S/C17H22N4/c1-12-5-3-7-15(19-12)11-21(2)17-14(10-18)9-13-6-4-8-16(13)20-17/h3,5,7,9H,4,6,8,10-11,18H2,1-2H3. The molecule has 4 heteroatoms. The van der Waals surface area contributed by atoms with Crippen molar-refractivity contribution in [1.82, 2.24) is 9.97 Å². The maximum absolute atomic E-state index is 5.92. The molecule has 2 heterocycles. The summed E-state index contributed by atoms with van der Waals surface area (Å²) in [5, 5.41) is 0. The van der Waals surface area contributed by atoms with E-state index >= 15 is 0 Å². The summed E-state index contributed by atoms with van der Waals surface area (Å²) in [7, 11) is 2.06. The van der Waals surface area contributed by atoms with Crippen LogP contribution < -0.4 is 10.6 Å². The van der Waals surface area contributed by atoms with Gasteiger partial charge in [0.1, 0.15) is 5.82 Å². The molecule has 0 saturated carbocycles. The van der Waals surface area contributed by atoms with E-state index in [1.54, 1.807) is 0 Å². The minimum Gasteiger partial charge on any atom is -0.353 e. The molecule has 0 unspecified atom stereocenters. The Kier molecular flexibility index (Phi) is 3.88. The lowest BCUT2D eigenvalue weighted by Crippen LogP contribution is -2.22. The average molecular weight is 282 g/mol. The molecule has 110 valence electrons. The summed E-state index contributed by atoms with van der Waals surface area (Å²) in [6, 6.07) is 8.36. The summed E-state index contributed by atoms with van der Waals surface area (Å²) < 4.78 is 0. The molecular weight excluding hydrogens is 260 g/mol. The van der Waals surface area contributed by atoms with Gasteiger partial charge in [0.15, 0.2) is 0 Å². The number of aryl methyl sites for hydroxylation is 3. The highest BCUT2D eigenvalue weighted by Crippen LogP contribution is 2.27. The van der Waals surface area contributed by atoms with Gasteiger partial charge in [0.05, 0.1) is 12.2 Å². The number of rotatable bonds is 4. The SMILES string of the molecule is Cc1cccc(CN(C)c2nc3c(cc2CN)CCC3)n1. The summed E-state index contributed by atoms with van der Waals surface area (Å²) >= 11 is 0. The zero-order valence-electron chi connectivity index (χ0n) is 12.8. The first kappa shape index (κ1) is 14.0. The van der Waals surface area contributed by atoms with E-state index in [0.29, 0.717) is 6.54 Å². The van der Waals surface area contributed by atoms with E-state index in [2.05, 4.69) is 29.1 Å². The molecule has 0 fully saturated rings. The molecule has 0 aromatic carbocycles. The van der Waals surface area contributed by atoms with Crippen molar-refractivity contribution in [3.63, 3.8) is 0 Å². The molecule has 1 aliphatic rings. The van der Waals surface area contributed by atoms with Crippen molar-refractivity contribution in [3.05, 3.63) is 52.5 Å². The Hall–Kier alpha value is -1.94. The van der Waals surface area contributed by atoms with E-state index in [1.807, 2.05) is 19.1 Å². The highest BCUT2D eigenvalue weighted by molar-refractivity contribution is 5.50. The molecule has 0 atom stereocenters. The van der Waals surface area contributed by atoms with Crippen molar-refractivity contribution in [2.75, 3.05) is 11.9 Å². The Morgan fingerprint density at radius 2 is 2.10 bits per heavy atom. The van der Waals surface area contributed by atoms with Crippen molar-refractivity contribution in [1.29, 1.82) is 0 Å².